The number of aromatic nitrogens is 1. The molecular formula is C12H13FN2O6. The van der Waals surface area contributed by atoms with Crippen molar-refractivity contribution in [3.05, 3.63) is 33.9 Å². The van der Waals surface area contributed by atoms with E-state index in [9.17, 15) is 24.1 Å². The van der Waals surface area contributed by atoms with Crippen LogP contribution in [0.15, 0.2) is 12.1 Å². The first-order valence-electron chi connectivity index (χ1n) is 6.06. The third kappa shape index (κ3) is 3.94. The Morgan fingerprint density at radius 3 is 2.24 bits per heavy atom. The van der Waals surface area contributed by atoms with E-state index < -0.39 is 40.1 Å². The van der Waals surface area contributed by atoms with E-state index in [0.29, 0.717) is 0 Å². The Kier molecular flexibility index (Phi) is 5.70. The molecule has 0 fully saturated rings. The summed E-state index contributed by atoms with van der Waals surface area (Å²) < 4.78 is 22.6. The summed E-state index contributed by atoms with van der Waals surface area (Å²) in [7, 11) is 0. The van der Waals surface area contributed by atoms with E-state index in [1.54, 1.807) is 0 Å². The number of hydrogen-bond acceptors (Lipinski definition) is 7. The Balaban J connectivity index is 3.37. The number of hydrogen-bond donors (Lipinski definition) is 0. The van der Waals surface area contributed by atoms with Crippen LogP contribution in [0, 0.1) is 16.1 Å². The maximum Gasteiger partial charge on any atom is 0.326 e. The van der Waals surface area contributed by atoms with Gasteiger partial charge in [0, 0.05) is 12.1 Å². The van der Waals surface area contributed by atoms with E-state index in [2.05, 4.69) is 14.5 Å². The van der Waals surface area contributed by atoms with Crippen molar-refractivity contribution in [2.24, 2.45) is 0 Å². The zero-order valence-electron chi connectivity index (χ0n) is 11.4. The number of halogens is 1. The average Bonchev–Trinajstić information content (AvgIpc) is 2.39. The molecule has 1 heterocycles. The van der Waals surface area contributed by atoms with Crippen molar-refractivity contribution in [2.45, 2.75) is 19.8 Å². The predicted octanol–water partition coefficient (Wildman–Crippen LogP) is 1.34. The number of ether oxygens (including phenoxy) is 2. The second-order valence-electron chi connectivity index (χ2n) is 3.73. The zero-order chi connectivity index (χ0) is 16.0. The SMILES string of the molecule is CCOC(=O)C(C(=O)OCC)c1nc(F)ccc1[N+](=O)[O-]. The third-order valence-electron chi connectivity index (χ3n) is 2.38. The molecule has 0 aliphatic carbocycles. The molecule has 0 unspecified atom stereocenters. The summed E-state index contributed by atoms with van der Waals surface area (Å²) in [5, 5.41) is 10.9. The molecule has 0 saturated carbocycles. The van der Waals surface area contributed by atoms with Crippen molar-refractivity contribution in [3.8, 4) is 0 Å². The summed E-state index contributed by atoms with van der Waals surface area (Å²) in [6.07, 6.45) is 0. The summed E-state index contributed by atoms with van der Waals surface area (Å²) in [5.41, 5.74) is -1.31. The van der Waals surface area contributed by atoms with Crippen LogP contribution in [0.5, 0.6) is 0 Å². The van der Waals surface area contributed by atoms with Gasteiger partial charge >= 0.3 is 11.9 Å². The lowest BCUT2D eigenvalue weighted by atomic mass is 10.0. The van der Waals surface area contributed by atoms with E-state index >= 15 is 0 Å². The van der Waals surface area contributed by atoms with Crippen molar-refractivity contribution in [3.63, 3.8) is 0 Å². The molecule has 0 saturated heterocycles. The van der Waals surface area contributed by atoms with Crippen molar-refractivity contribution >= 4 is 17.6 Å². The fourth-order valence-electron chi connectivity index (χ4n) is 1.58. The monoisotopic (exact) mass is 300 g/mol. The minimum absolute atomic E-state index is 0.0577. The molecule has 1 rings (SSSR count). The fraction of sp³-hybridized carbons (Fsp3) is 0.417. The van der Waals surface area contributed by atoms with E-state index in [4.69, 9.17) is 0 Å². The fourth-order valence-corrected chi connectivity index (χ4v) is 1.58. The molecule has 0 atom stereocenters. The van der Waals surface area contributed by atoms with Gasteiger partial charge in [0.2, 0.25) is 11.9 Å². The van der Waals surface area contributed by atoms with E-state index in [-0.39, 0.29) is 13.2 Å². The van der Waals surface area contributed by atoms with Crippen LogP contribution in [-0.4, -0.2) is 35.1 Å². The van der Waals surface area contributed by atoms with Crippen molar-refractivity contribution < 1.29 is 28.4 Å². The molecular weight excluding hydrogens is 287 g/mol. The molecule has 114 valence electrons. The highest BCUT2D eigenvalue weighted by atomic mass is 19.1. The molecule has 0 N–H and O–H groups in total. The lowest BCUT2D eigenvalue weighted by Crippen LogP contribution is -2.28. The Morgan fingerprint density at radius 1 is 1.29 bits per heavy atom. The van der Waals surface area contributed by atoms with Crippen LogP contribution >= 0.6 is 0 Å². The Labute approximate surface area is 119 Å². The van der Waals surface area contributed by atoms with Crippen LogP contribution in [0.3, 0.4) is 0 Å². The van der Waals surface area contributed by atoms with Gasteiger partial charge in [0.1, 0.15) is 5.69 Å². The number of carbonyl (C=O) groups is 2. The highest BCUT2D eigenvalue weighted by Crippen LogP contribution is 2.27. The van der Waals surface area contributed by atoms with Gasteiger partial charge in [-0.2, -0.15) is 4.39 Å². The Bertz CT molecular complexity index is 545. The summed E-state index contributed by atoms with van der Waals surface area (Å²) in [5.74, 6) is -5.04. The highest BCUT2D eigenvalue weighted by molar-refractivity contribution is 6.01. The molecule has 1 aromatic rings. The molecule has 21 heavy (non-hydrogen) atoms. The molecule has 9 heteroatoms. The van der Waals surface area contributed by atoms with E-state index in [1.165, 1.54) is 13.8 Å². The molecule has 1 aromatic heterocycles. The topological polar surface area (TPSA) is 109 Å². The first kappa shape index (κ1) is 16.5. The van der Waals surface area contributed by atoms with Crippen LogP contribution < -0.4 is 0 Å². The van der Waals surface area contributed by atoms with Crippen LogP contribution in [0.25, 0.3) is 0 Å². The minimum atomic E-state index is -1.80. The number of nitrogens with zero attached hydrogens (tertiary/aromatic N) is 2. The molecule has 0 aromatic carbocycles. The zero-order valence-corrected chi connectivity index (χ0v) is 11.4. The normalized spacial score (nSPS) is 10.3. The first-order chi connectivity index (χ1) is 9.92. The molecule has 0 aliphatic heterocycles. The van der Waals surface area contributed by atoms with Crippen molar-refractivity contribution in [1.29, 1.82) is 0 Å². The smallest absolute Gasteiger partial charge is 0.326 e. The average molecular weight is 300 g/mol. The number of esters is 2. The summed E-state index contributed by atoms with van der Waals surface area (Å²) in [6, 6.07) is 1.58. The molecule has 0 amide bonds. The summed E-state index contributed by atoms with van der Waals surface area (Å²) >= 11 is 0. The van der Waals surface area contributed by atoms with Crippen molar-refractivity contribution in [1.82, 2.24) is 4.98 Å². The van der Waals surface area contributed by atoms with Gasteiger partial charge in [-0.25, -0.2) is 4.98 Å². The van der Waals surface area contributed by atoms with E-state index in [1.807, 2.05) is 0 Å². The summed E-state index contributed by atoms with van der Waals surface area (Å²) in [6.45, 7) is 2.87. The number of carbonyl (C=O) groups excluding carboxylic acids is 2. The van der Waals surface area contributed by atoms with Crippen LogP contribution in [0.1, 0.15) is 25.5 Å². The standard InChI is InChI=1S/C12H13FN2O6/c1-3-20-11(16)9(12(17)21-4-2)10-7(15(18)19)5-6-8(13)14-10/h5-6,9H,3-4H2,1-2H3. The summed E-state index contributed by atoms with van der Waals surface area (Å²) in [4.78, 5) is 37.0. The van der Waals surface area contributed by atoms with Crippen molar-refractivity contribution in [2.75, 3.05) is 13.2 Å². The maximum atomic E-state index is 13.2. The lowest BCUT2D eigenvalue weighted by molar-refractivity contribution is -0.386. The highest BCUT2D eigenvalue weighted by Gasteiger charge is 2.38. The second-order valence-corrected chi connectivity index (χ2v) is 3.73. The van der Waals surface area contributed by atoms with Crippen LogP contribution in [0.2, 0.25) is 0 Å². The van der Waals surface area contributed by atoms with Gasteiger partial charge in [-0.05, 0) is 13.8 Å². The van der Waals surface area contributed by atoms with Gasteiger partial charge in [-0.15, -0.1) is 0 Å². The first-order valence-corrected chi connectivity index (χ1v) is 6.06. The number of rotatable bonds is 6. The quantitative estimate of drug-likeness (QED) is 0.256. The molecule has 0 bridgehead atoms. The van der Waals surface area contributed by atoms with Crippen LogP contribution in [-0.2, 0) is 19.1 Å². The van der Waals surface area contributed by atoms with Gasteiger partial charge in [0.15, 0.2) is 0 Å². The predicted molar refractivity (Wildman–Crippen MR) is 66.9 cm³/mol. The number of pyridine rings is 1. The van der Waals surface area contributed by atoms with Gasteiger partial charge in [0.05, 0.1) is 18.1 Å². The van der Waals surface area contributed by atoms with Crippen LogP contribution in [0.4, 0.5) is 10.1 Å². The minimum Gasteiger partial charge on any atom is -0.465 e. The second kappa shape index (κ2) is 7.27. The molecule has 0 radical (unpaired) electrons. The van der Waals surface area contributed by atoms with Gasteiger partial charge < -0.3 is 9.47 Å². The Morgan fingerprint density at radius 2 is 1.81 bits per heavy atom. The lowest BCUT2D eigenvalue weighted by Gasteiger charge is -2.13. The Hall–Kier alpha value is -2.58. The number of nitro groups is 1. The van der Waals surface area contributed by atoms with Gasteiger partial charge in [-0.3, -0.25) is 19.7 Å². The molecule has 0 spiro atoms. The largest absolute Gasteiger partial charge is 0.465 e. The maximum absolute atomic E-state index is 13.2. The van der Waals surface area contributed by atoms with E-state index in [0.717, 1.165) is 12.1 Å². The third-order valence-corrected chi connectivity index (χ3v) is 2.38. The molecule has 0 aliphatic rings. The van der Waals surface area contributed by atoms with Gasteiger partial charge in [-0.1, -0.05) is 0 Å². The molecule has 8 nitrogen and oxygen atoms in total. The van der Waals surface area contributed by atoms with Gasteiger partial charge in [0.25, 0.3) is 5.69 Å².